The van der Waals surface area contributed by atoms with E-state index in [0.717, 1.165) is 16.7 Å². The first-order valence-electron chi connectivity index (χ1n) is 5.40. The van der Waals surface area contributed by atoms with Crippen molar-refractivity contribution >= 4 is 21.6 Å². The van der Waals surface area contributed by atoms with Crippen molar-refractivity contribution in [2.45, 2.75) is 6.54 Å². The van der Waals surface area contributed by atoms with Gasteiger partial charge in [0.2, 0.25) is 0 Å². The van der Waals surface area contributed by atoms with Crippen LogP contribution in [0.4, 0.5) is 5.69 Å². The summed E-state index contributed by atoms with van der Waals surface area (Å²) in [5, 5.41) is 3.26. The van der Waals surface area contributed by atoms with Crippen LogP contribution in [0.5, 0.6) is 0 Å². The molecule has 2 aromatic rings. The van der Waals surface area contributed by atoms with Gasteiger partial charge in [0, 0.05) is 35.5 Å². The fraction of sp³-hybridized carbons (Fsp3) is 0.154. The summed E-state index contributed by atoms with van der Waals surface area (Å²) in [6.07, 6.45) is 1.80. The SMILES string of the molecule is O=c1ccc(Br)cn1CCNc1ccccc1. The molecule has 1 N–H and O–H groups in total. The van der Waals surface area contributed by atoms with Crippen molar-refractivity contribution in [3.05, 3.63) is 63.5 Å². The van der Waals surface area contributed by atoms with E-state index >= 15 is 0 Å². The van der Waals surface area contributed by atoms with Crippen LogP contribution in [0.3, 0.4) is 0 Å². The Morgan fingerprint density at radius 2 is 1.88 bits per heavy atom. The standard InChI is InChI=1S/C13H13BrN2O/c14-11-6-7-13(17)16(10-11)9-8-15-12-4-2-1-3-5-12/h1-7,10,15H,8-9H2. The highest BCUT2D eigenvalue weighted by atomic mass is 79.9. The van der Waals surface area contributed by atoms with Crippen molar-refractivity contribution in [2.24, 2.45) is 0 Å². The van der Waals surface area contributed by atoms with E-state index in [1.54, 1.807) is 22.9 Å². The van der Waals surface area contributed by atoms with E-state index in [-0.39, 0.29) is 5.56 Å². The average Bonchev–Trinajstić information content (AvgIpc) is 2.35. The van der Waals surface area contributed by atoms with E-state index in [1.165, 1.54) is 0 Å². The summed E-state index contributed by atoms with van der Waals surface area (Å²) in [6.45, 7) is 1.37. The largest absolute Gasteiger partial charge is 0.383 e. The zero-order valence-electron chi connectivity index (χ0n) is 9.27. The molecule has 0 radical (unpaired) electrons. The van der Waals surface area contributed by atoms with Crippen molar-refractivity contribution < 1.29 is 0 Å². The van der Waals surface area contributed by atoms with Crippen LogP contribution in [0.2, 0.25) is 0 Å². The molecule has 0 saturated heterocycles. The van der Waals surface area contributed by atoms with Gasteiger partial charge in [0.05, 0.1) is 0 Å². The smallest absolute Gasteiger partial charge is 0.250 e. The monoisotopic (exact) mass is 292 g/mol. The summed E-state index contributed by atoms with van der Waals surface area (Å²) in [7, 11) is 0. The maximum absolute atomic E-state index is 11.5. The van der Waals surface area contributed by atoms with Crippen LogP contribution in [-0.2, 0) is 6.54 Å². The predicted molar refractivity (Wildman–Crippen MR) is 73.3 cm³/mol. The molecule has 88 valence electrons. The van der Waals surface area contributed by atoms with Gasteiger partial charge in [-0.3, -0.25) is 4.79 Å². The van der Waals surface area contributed by atoms with Crippen LogP contribution >= 0.6 is 15.9 Å². The fourth-order valence-corrected chi connectivity index (χ4v) is 1.93. The molecule has 4 heteroatoms. The lowest BCUT2D eigenvalue weighted by Gasteiger charge is -2.08. The number of hydrogen-bond acceptors (Lipinski definition) is 2. The van der Waals surface area contributed by atoms with Gasteiger partial charge < -0.3 is 9.88 Å². The first kappa shape index (κ1) is 11.9. The third kappa shape index (κ3) is 3.46. The number of rotatable bonds is 4. The van der Waals surface area contributed by atoms with Crippen LogP contribution < -0.4 is 10.9 Å². The molecule has 1 aromatic carbocycles. The molecule has 2 rings (SSSR count). The van der Waals surface area contributed by atoms with Gasteiger partial charge in [-0.1, -0.05) is 18.2 Å². The van der Waals surface area contributed by atoms with Gasteiger partial charge in [-0.15, -0.1) is 0 Å². The Labute approximate surface area is 108 Å². The summed E-state index contributed by atoms with van der Waals surface area (Å²) in [4.78, 5) is 11.5. The van der Waals surface area contributed by atoms with Crippen LogP contribution in [0.1, 0.15) is 0 Å². The van der Waals surface area contributed by atoms with E-state index in [2.05, 4.69) is 21.2 Å². The normalized spacial score (nSPS) is 10.2. The quantitative estimate of drug-likeness (QED) is 0.940. The lowest BCUT2D eigenvalue weighted by molar-refractivity contribution is 0.695. The van der Waals surface area contributed by atoms with Crippen molar-refractivity contribution in [3.8, 4) is 0 Å². The number of nitrogens with zero attached hydrogens (tertiary/aromatic N) is 1. The minimum absolute atomic E-state index is 0.0167. The molecule has 0 atom stereocenters. The first-order chi connectivity index (χ1) is 8.25. The van der Waals surface area contributed by atoms with Crippen LogP contribution in [0.25, 0.3) is 0 Å². The minimum atomic E-state index is 0.0167. The highest BCUT2D eigenvalue weighted by Crippen LogP contribution is 2.06. The maximum Gasteiger partial charge on any atom is 0.250 e. The number of halogens is 1. The molecular formula is C13H13BrN2O. The van der Waals surface area contributed by atoms with E-state index in [0.29, 0.717) is 6.54 Å². The molecule has 0 aliphatic heterocycles. The van der Waals surface area contributed by atoms with Crippen molar-refractivity contribution in [3.63, 3.8) is 0 Å². The van der Waals surface area contributed by atoms with E-state index in [9.17, 15) is 4.79 Å². The highest BCUT2D eigenvalue weighted by molar-refractivity contribution is 9.10. The number of benzene rings is 1. The Morgan fingerprint density at radius 1 is 1.12 bits per heavy atom. The zero-order valence-corrected chi connectivity index (χ0v) is 10.9. The zero-order chi connectivity index (χ0) is 12.1. The van der Waals surface area contributed by atoms with Crippen molar-refractivity contribution in [1.29, 1.82) is 0 Å². The van der Waals surface area contributed by atoms with Gasteiger partial charge in [-0.05, 0) is 34.1 Å². The molecule has 3 nitrogen and oxygen atoms in total. The molecule has 0 saturated carbocycles. The van der Waals surface area contributed by atoms with Gasteiger partial charge >= 0.3 is 0 Å². The molecule has 0 amide bonds. The maximum atomic E-state index is 11.5. The Kier molecular flexibility index (Phi) is 3.98. The number of nitrogens with one attached hydrogen (secondary N) is 1. The minimum Gasteiger partial charge on any atom is -0.383 e. The van der Waals surface area contributed by atoms with Crippen molar-refractivity contribution in [1.82, 2.24) is 4.57 Å². The van der Waals surface area contributed by atoms with Gasteiger partial charge in [0.25, 0.3) is 5.56 Å². The predicted octanol–water partition coefficient (Wildman–Crippen LogP) is 2.72. The molecule has 1 heterocycles. The Balaban J connectivity index is 1.94. The summed E-state index contributed by atoms with van der Waals surface area (Å²) >= 11 is 3.35. The molecule has 0 bridgehead atoms. The third-order valence-corrected chi connectivity index (χ3v) is 2.87. The average molecular weight is 293 g/mol. The van der Waals surface area contributed by atoms with Gasteiger partial charge in [-0.2, -0.15) is 0 Å². The second kappa shape index (κ2) is 5.68. The van der Waals surface area contributed by atoms with Gasteiger partial charge in [0.1, 0.15) is 0 Å². The molecular weight excluding hydrogens is 280 g/mol. The van der Waals surface area contributed by atoms with Crippen LogP contribution in [-0.4, -0.2) is 11.1 Å². The van der Waals surface area contributed by atoms with E-state index in [4.69, 9.17) is 0 Å². The summed E-state index contributed by atoms with van der Waals surface area (Å²) in [6, 6.07) is 13.3. The fourth-order valence-electron chi connectivity index (χ4n) is 1.55. The summed E-state index contributed by atoms with van der Waals surface area (Å²) in [5.74, 6) is 0. The van der Waals surface area contributed by atoms with E-state index < -0.39 is 0 Å². The molecule has 0 fully saturated rings. The van der Waals surface area contributed by atoms with Gasteiger partial charge in [-0.25, -0.2) is 0 Å². The van der Waals surface area contributed by atoms with E-state index in [1.807, 2.05) is 30.3 Å². The Bertz CT molecular complexity index is 537. The van der Waals surface area contributed by atoms with Crippen molar-refractivity contribution in [2.75, 3.05) is 11.9 Å². The molecule has 0 aliphatic carbocycles. The molecule has 1 aromatic heterocycles. The topological polar surface area (TPSA) is 34.0 Å². The van der Waals surface area contributed by atoms with Crippen LogP contribution in [0, 0.1) is 0 Å². The molecule has 0 unspecified atom stereocenters. The highest BCUT2D eigenvalue weighted by Gasteiger charge is 1.96. The first-order valence-corrected chi connectivity index (χ1v) is 6.20. The number of para-hydroxylation sites is 1. The number of aromatic nitrogens is 1. The number of hydrogen-bond donors (Lipinski definition) is 1. The molecule has 0 aliphatic rings. The Hall–Kier alpha value is -1.55. The summed E-state index contributed by atoms with van der Waals surface area (Å²) < 4.78 is 2.59. The second-order valence-corrected chi connectivity index (χ2v) is 4.59. The summed E-state index contributed by atoms with van der Waals surface area (Å²) in [5.41, 5.74) is 1.08. The second-order valence-electron chi connectivity index (χ2n) is 3.67. The van der Waals surface area contributed by atoms with Gasteiger partial charge in [0.15, 0.2) is 0 Å². The third-order valence-electron chi connectivity index (χ3n) is 2.40. The van der Waals surface area contributed by atoms with Crippen LogP contribution in [0.15, 0.2) is 57.9 Å². The Morgan fingerprint density at radius 3 is 2.65 bits per heavy atom. The molecule has 17 heavy (non-hydrogen) atoms. The molecule has 0 spiro atoms. The lowest BCUT2D eigenvalue weighted by Crippen LogP contribution is -2.22. The lowest BCUT2D eigenvalue weighted by atomic mass is 10.3. The number of anilines is 1. The number of pyridine rings is 1.